The number of para-hydroxylation sites is 2. The van der Waals surface area contributed by atoms with Crippen LogP contribution < -0.4 is 5.32 Å². The Morgan fingerprint density at radius 3 is 2.27 bits per heavy atom. The lowest BCUT2D eigenvalue weighted by atomic mass is 9.98. The van der Waals surface area contributed by atoms with Crippen molar-refractivity contribution < 1.29 is 19.4 Å². The Labute approximate surface area is 190 Å². The molecule has 0 bridgehead atoms. The van der Waals surface area contributed by atoms with Gasteiger partial charge in [-0.15, -0.1) is 0 Å². The summed E-state index contributed by atoms with van der Waals surface area (Å²) in [4.78, 5) is 28.2. The maximum atomic E-state index is 12.4. The molecular weight excluding hydrogens is 418 g/mol. The average Bonchev–Trinajstić information content (AvgIpc) is 3.33. The minimum Gasteiger partial charge on any atom is -0.480 e. The van der Waals surface area contributed by atoms with Gasteiger partial charge in [0.25, 0.3) is 0 Å². The molecule has 7 nitrogen and oxygen atoms in total. The van der Waals surface area contributed by atoms with Crippen molar-refractivity contribution in [1.82, 2.24) is 14.9 Å². The Morgan fingerprint density at radius 1 is 0.939 bits per heavy atom. The van der Waals surface area contributed by atoms with E-state index in [-0.39, 0.29) is 19.1 Å². The molecule has 4 aromatic rings. The molecule has 166 valence electrons. The standard InChI is InChI=1S/C26H23N3O4/c30-25(31)15-29-23-12-6-5-11-22(23)28-24(29)13-14-27-26(32)33-16-21-19-9-3-1-7-17(19)18-8-2-4-10-20(18)21/h1-12,21H,13-16H2,(H,27,32)(H,30,31). The van der Waals surface area contributed by atoms with Crippen LogP contribution in [0.15, 0.2) is 72.8 Å². The molecule has 7 heteroatoms. The molecule has 1 aromatic heterocycles. The van der Waals surface area contributed by atoms with Gasteiger partial charge in [-0.2, -0.15) is 0 Å². The van der Waals surface area contributed by atoms with Crippen LogP contribution in [-0.2, 0) is 22.5 Å². The maximum Gasteiger partial charge on any atom is 0.407 e. The number of ether oxygens (including phenoxy) is 1. The predicted molar refractivity (Wildman–Crippen MR) is 124 cm³/mol. The highest BCUT2D eigenvalue weighted by atomic mass is 16.5. The summed E-state index contributed by atoms with van der Waals surface area (Å²) in [7, 11) is 0. The zero-order valence-electron chi connectivity index (χ0n) is 17.9. The number of fused-ring (bicyclic) bond motifs is 4. The summed E-state index contributed by atoms with van der Waals surface area (Å²) in [5.74, 6) is -0.329. The maximum absolute atomic E-state index is 12.4. The van der Waals surface area contributed by atoms with Crippen molar-refractivity contribution in [2.75, 3.05) is 13.2 Å². The van der Waals surface area contributed by atoms with E-state index >= 15 is 0 Å². The SMILES string of the molecule is O=C(O)Cn1c(CCNC(=O)OCC2c3ccccc3-c3ccccc32)nc2ccccc21. The molecular formula is C26H23N3O4. The minimum absolute atomic E-state index is 0.00270. The van der Waals surface area contributed by atoms with E-state index in [4.69, 9.17) is 4.74 Å². The fraction of sp³-hybridized carbons (Fsp3) is 0.192. The summed E-state index contributed by atoms with van der Waals surface area (Å²) in [6.07, 6.45) is -0.107. The lowest BCUT2D eigenvalue weighted by Crippen LogP contribution is -2.28. The monoisotopic (exact) mass is 441 g/mol. The number of aliphatic carboxylic acids is 1. The van der Waals surface area contributed by atoms with Crippen LogP contribution in [-0.4, -0.2) is 39.9 Å². The quantitative estimate of drug-likeness (QED) is 0.448. The number of rotatable bonds is 7. The fourth-order valence-corrected chi connectivity index (χ4v) is 4.55. The summed E-state index contributed by atoms with van der Waals surface area (Å²) < 4.78 is 7.22. The first kappa shape index (κ1) is 20.8. The van der Waals surface area contributed by atoms with E-state index < -0.39 is 12.1 Å². The smallest absolute Gasteiger partial charge is 0.407 e. The first-order valence-electron chi connectivity index (χ1n) is 10.9. The predicted octanol–water partition coefficient (Wildman–Crippen LogP) is 4.20. The van der Waals surface area contributed by atoms with Crippen LogP contribution in [0.3, 0.4) is 0 Å². The molecule has 0 saturated carbocycles. The van der Waals surface area contributed by atoms with Gasteiger partial charge in [0.15, 0.2) is 0 Å². The van der Waals surface area contributed by atoms with Gasteiger partial charge in [0.05, 0.1) is 11.0 Å². The molecule has 1 amide bonds. The topological polar surface area (TPSA) is 93.5 Å². The molecule has 0 aliphatic heterocycles. The zero-order chi connectivity index (χ0) is 22.8. The number of alkyl carbamates (subject to hydrolysis) is 1. The van der Waals surface area contributed by atoms with Crippen molar-refractivity contribution in [3.05, 3.63) is 89.7 Å². The van der Waals surface area contributed by atoms with Crippen LogP contribution in [0.2, 0.25) is 0 Å². The molecule has 1 aliphatic rings. The number of carboxylic acid groups (broad SMARTS) is 1. The van der Waals surface area contributed by atoms with Gasteiger partial charge in [-0.3, -0.25) is 4.79 Å². The Balaban J connectivity index is 1.22. The summed E-state index contributed by atoms with van der Waals surface area (Å²) in [6, 6.07) is 23.8. The number of carbonyl (C=O) groups is 2. The third kappa shape index (κ3) is 4.05. The Morgan fingerprint density at radius 2 is 1.58 bits per heavy atom. The van der Waals surface area contributed by atoms with Crippen LogP contribution in [0.1, 0.15) is 22.9 Å². The number of carboxylic acids is 1. The van der Waals surface area contributed by atoms with Crippen LogP contribution in [0, 0.1) is 0 Å². The van der Waals surface area contributed by atoms with Crippen LogP contribution >= 0.6 is 0 Å². The number of aromatic nitrogens is 2. The molecule has 0 spiro atoms. The van der Waals surface area contributed by atoms with Crippen LogP contribution in [0.4, 0.5) is 4.79 Å². The first-order valence-corrected chi connectivity index (χ1v) is 10.9. The molecule has 0 saturated heterocycles. The minimum atomic E-state index is -0.941. The molecule has 5 rings (SSSR count). The average molecular weight is 441 g/mol. The molecule has 0 fully saturated rings. The molecule has 2 N–H and O–H groups in total. The van der Waals surface area contributed by atoms with Crippen LogP contribution in [0.25, 0.3) is 22.2 Å². The van der Waals surface area contributed by atoms with Crippen LogP contribution in [0.5, 0.6) is 0 Å². The number of nitrogens with one attached hydrogen (secondary N) is 1. The van der Waals surface area contributed by atoms with Crippen molar-refractivity contribution in [2.45, 2.75) is 18.9 Å². The summed E-state index contributed by atoms with van der Waals surface area (Å²) in [6.45, 7) is 0.359. The first-order chi connectivity index (χ1) is 16.1. The highest BCUT2D eigenvalue weighted by Gasteiger charge is 2.29. The Kier molecular flexibility index (Phi) is 5.52. The largest absolute Gasteiger partial charge is 0.480 e. The van der Waals surface area contributed by atoms with Gasteiger partial charge in [0.2, 0.25) is 0 Å². The second-order valence-electron chi connectivity index (χ2n) is 8.00. The van der Waals surface area contributed by atoms with E-state index in [1.54, 1.807) is 4.57 Å². The highest BCUT2D eigenvalue weighted by molar-refractivity contribution is 5.79. The molecule has 0 radical (unpaired) electrons. The van der Waals surface area contributed by atoms with Crippen molar-refractivity contribution in [3.8, 4) is 11.1 Å². The van der Waals surface area contributed by atoms with E-state index in [0.717, 1.165) is 22.2 Å². The highest BCUT2D eigenvalue weighted by Crippen LogP contribution is 2.44. The summed E-state index contributed by atoms with van der Waals surface area (Å²) >= 11 is 0. The van der Waals surface area contributed by atoms with E-state index in [9.17, 15) is 14.7 Å². The number of amides is 1. The van der Waals surface area contributed by atoms with E-state index in [0.29, 0.717) is 18.8 Å². The van der Waals surface area contributed by atoms with E-state index in [1.165, 1.54) is 11.1 Å². The third-order valence-electron chi connectivity index (χ3n) is 5.99. The number of hydrogen-bond acceptors (Lipinski definition) is 4. The number of imidazole rings is 1. The van der Waals surface area contributed by atoms with Gasteiger partial charge in [0.1, 0.15) is 19.0 Å². The van der Waals surface area contributed by atoms with Crippen molar-refractivity contribution >= 4 is 23.1 Å². The van der Waals surface area contributed by atoms with E-state index in [2.05, 4.69) is 34.6 Å². The van der Waals surface area contributed by atoms with Gasteiger partial charge in [0, 0.05) is 18.9 Å². The van der Waals surface area contributed by atoms with Gasteiger partial charge in [-0.25, -0.2) is 9.78 Å². The van der Waals surface area contributed by atoms with Gasteiger partial charge in [-0.1, -0.05) is 60.7 Å². The number of benzene rings is 3. The second kappa shape index (κ2) is 8.78. The summed E-state index contributed by atoms with van der Waals surface area (Å²) in [5, 5.41) is 12.0. The van der Waals surface area contributed by atoms with E-state index in [1.807, 2.05) is 48.5 Å². The van der Waals surface area contributed by atoms with Gasteiger partial charge in [-0.05, 0) is 34.4 Å². The lowest BCUT2D eigenvalue weighted by Gasteiger charge is -2.14. The summed E-state index contributed by atoms with van der Waals surface area (Å²) in [5.41, 5.74) is 6.17. The number of hydrogen-bond donors (Lipinski definition) is 2. The van der Waals surface area contributed by atoms with Crippen molar-refractivity contribution in [2.24, 2.45) is 0 Å². The lowest BCUT2D eigenvalue weighted by molar-refractivity contribution is -0.137. The number of nitrogens with zero attached hydrogens (tertiary/aromatic N) is 2. The molecule has 3 aromatic carbocycles. The molecule has 0 unspecified atom stereocenters. The third-order valence-corrected chi connectivity index (χ3v) is 5.99. The molecule has 33 heavy (non-hydrogen) atoms. The molecule has 1 aliphatic carbocycles. The molecule has 1 heterocycles. The number of carbonyl (C=O) groups excluding carboxylic acids is 1. The van der Waals surface area contributed by atoms with Gasteiger partial charge >= 0.3 is 12.1 Å². The van der Waals surface area contributed by atoms with Crippen molar-refractivity contribution in [1.29, 1.82) is 0 Å². The molecule has 0 atom stereocenters. The fourth-order valence-electron chi connectivity index (χ4n) is 4.55. The Bertz CT molecular complexity index is 1300. The second-order valence-corrected chi connectivity index (χ2v) is 8.00. The normalized spacial score (nSPS) is 12.4. The zero-order valence-corrected chi connectivity index (χ0v) is 17.9. The van der Waals surface area contributed by atoms with Crippen molar-refractivity contribution in [3.63, 3.8) is 0 Å². The van der Waals surface area contributed by atoms with Gasteiger partial charge < -0.3 is 19.7 Å². The Hall–Kier alpha value is -4.13.